The summed E-state index contributed by atoms with van der Waals surface area (Å²) in [6.45, 7) is 4.19. The molecule has 0 saturated carbocycles. The number of thioether (sulfide) groups is 1. The van der Waals surface area contributed by atoms with Gasteiger partial charge >= 0.3 is 0 Å². The summed E-state index contributed by atoms with van der Waals surface area (Å²) in [4.78, 5) is 0. The van der Waals surface area contributed by atoms with Gasteiger partial charge in [-0.2, -0.15) is 11.8 Å². The van der Waals surface area contributed by atoms with Gasteiger partial charge in [-0.15, -0.1) is 0 Å². The highest BCUT2D eigenvalue weighted by molar-refractivity contribution is 9.11. The molecule has 0 saturated heterocycles. The van der Waals surface area contributed by atoms with E-state index in [0.29, 0.717) is 5.92 Å². The number of halogens is 2. The SMILES string of the molecule is COc1c(Br)cc(CNCC(C)CSC)cc1Br. The predicted octanol–water partition coefficient (Wildman–Crippen LogP) is 4.31. The standard InChI is InChI=1S/C13H19Br2NOS/c1-9(8-18-3)6-16-7-10-4-11(14)13(17-2)12(15)5-10/h4-5,9,16H,6-8H2,1-3H3. The molecule has 0 radical (unpaired) electrons. The summed E-state index contributed by atoms with van der Waals surface area (Å²) >= 11 is 8.93. The number of ether oxygens (including phenoxy) is 1. The lowest BCUT2D eigenvalue weighted by molar-refractivity contribution is 0.409. The van der Waals surface area contributed by atoms with Gasteiger partial charge < -0.3 is 10.1 Å². The van der Waals surface area contributed by atoms with Crippen molar-refractivity contribution in [1.82, 2.24) is 5.32 Å². The fourth-order valence-corrected chi connectivity index (χ4v) is 4.01. The average molecular weight is 397 g/mol. The van der Waals surface area contributed by atoms with Gasteiger partial charge in [-0.05, 0) is 74.0 Å². The Balaban J connectivity index is 2.53. The van der Waals surface area contributed by atoms with Crippen molar-refractivity contribution in [3.05, 3.63) is 26.6 Å². The molecule has 102 valence electrons. The first-order valence-electron chi connectivity index (χ1n) is 5.80. The van der Waals surface area contributed by atoms with Crippen molar-refractivity contribution in [3.8, 4) is 5.75 Å². The van der Waals surface area contributed by atoms with Crippen molar-refractivity contribution in [2.75, 3.05) is 25.7 Å². The van der Waals surface area contributed by atoms with Gasteiger partial charge in [-0.3, -0.25) is 0 Å². The van der Waals surface area contributed by atoms with Gasteiger partial charge in [0.1, 0.15) is 5.75 Å². The van der Waals surface area contributed by atoms with E-state index < -0.39 is 0 Å². The van der Waals surface area contributed by atoms with Crippen molar-refractivity contribution in [2.24, 2.45) is 5.92 Å². The van der Waals surface area contributed by atoms with Crippen LogP contribution in [-0.4, -0.2) is 25.7 Å². The minimum atomic E-state index is 0.699. The molecule has 0 fully saturated rings. The van der Waals surface area contributed by atoms with Crippen LogP contribution in [0.25, 0.3) is 0 Å². The Labute approximate surface area is 131 Å². The third-order valence-electron chi connectivity index (χ3n) is 2.54. The molecule has 0 bridgehead atoms. The van der Waals surface area contributed by atoms with E-state index in [9.17, 15) is 0 Å². The quantitative estimate of drug-likeness (QED) is 0.741. The molecule has 0 aromatic heterocycles. The summed E-state index contributed by atoms with van der Waals surface area (Å²) in [5.74, 6) is 2.74. The number of rotatable bonds is 7. The van der Waals surface area contributed by atoms with E-state index in [2.05, 4.69) is 62.5 Å². The molecule has 0 spiro atoms. The van der Waals surface area contributed by atoms with Crippen LogP contribution in [-0.2, 0) is 6.54 Å². The van der Waals surface area contributed by atoms with E-state index in [1.165, 1.54) is 11.3 Å². The molecule has 0 heterocycles. The smallest absolute Gasteiger partial charge is 0.147 e. The molecule has 0 aliphatic heterocycles. The molecule has 1 unspecified atom stereocenters. The van der Waals surface area contributed by atoms with Crippen LogP contribution in [0.15, 0.2) is 21.1 Å². The largest absolute Gasteiger partial charge is 0.494 e. The zero-order valence-electron chi connectivity index (χ0n) is 10.9. The van der Waals surface area contributed by atoms with Crippen LogP contribution in [0, 0.1) is 5.92 Å². The number of nitrogens with one attached hydrogen (secondary N) is 1. The molecule has 1 atom stereocenters. The molecule has 1 aromatic carbocycles. The van der Waals surface area contributed by atoms with Crippen LogP contribution in [0.2, 0.25) is 0 Å². The molecule has 0 amide bonds. The third kappa shape index (κ3) is 5.11. The molecule has 1 aromatic rings. The summed E-state index contributed by atoms with van der Waals surface area (Å²) in [7, 11) is 1.67. The lowest BCUT2D eigenvalue weighted by Crippen LogP contribution is -2.22. The van der Waals surface area contributed by atoms with E-state index in [1.807, 2.05) is 11.8 Å². The van der Waals surface area contributed by atoms with E-state index in [-0.39, 0.29) is 0 Å². The zero-order valence-corrected chi connectivity index (χ0v) is 14.9. The van der Waals surface area contributed by atoms with Gasteiger partial charge in [0, 0.05) is 6.54 Å². The van der Waals surface area contributed by atoms with Crippen molar-refractivity contribution >= 4 is 43.6 Å². The van der Waals surface area contributed by atoms with Gasteiger partial charge in [0.15, 0.2) is 0 Å². The number of hydrogen-bond donors (Lipinski definition) is 1. The highest BCUT2D eigenvalue weighted by Gasteiger charge is 2.08. The van der Waals surface area contributed by atoms with Gasteiger partial charge in [0.25, 0.3) is 0 Å². The van der Waals surface area contributed by atoms with Crippen molar-refractivity contribution in [1.29, 1.82) is 0 Å². The van der Waals surface area contributed by atoms with Crippen molar-refractivity contribution < 1.29 is 4.74 Å². The number of benzene rings is 1. The molecular formula is C13H19Br2NOS. The topological polar surface area (TPSA) is 21.3 Å². The van der Waals surface area contributed by atoms with Gasteiger partial charge in [0.05, 0.1) is 16.1 Å². The first-order valence-corrected chi connectivity index (χ1v) is 8.78. The summed E-state index contributed by atoms with van der Waals surface area (Å²) in [5.41, 5.74) is 1.24. The first-order chi connectivity index (χ1) is 8.58. The Morgan fingerprint density at radius 3 is 2.44 bits per heavy atom. The fraction of sp³-hybridized carbons (Fsp3) is 0.538. The lowest BCUT2D eigenvalue weighted by Gasteiger charge is -2.13. The molecule has 2 nitrogen and oxygen atoms in total. The first kappa shape index (κ1) is 16.3. The van der Waals surface area contributed by atoms with Crippen LogP contribution in [0.4, 0.5) is 0 Å². The van der Waals surface area contributed by atoms with E-state index in [0.717, 1.165) is 27.8 Å². The van der Waals surface area contributed by atoms with Crippen LogP contribution in [0.1, 0.15) is 12.5 Å². The van der Waals surface area contributed by atoms with Crippen LogP contribution >= 0.6 is 43.6 Å². The van der Waals surface area contributed by atoms with Crippen LogP contribution in [0.5, 0.6) is 5.75 Å². The maximum Gasteiger partial charge on any atom is 0.147 e. The molecule has 1 rings (SSSR count). The zero-order chi connectivity index (χ0) is 13.5. The van der Waals surface area contributed by atoms with E-state index in [1.54, 1.807) is 7.11 Å². The number of methoxy groups -OCH3 is 1. The highest BCUT2D eigenvalue weighted by Crippen LogP contribution is 2.34. The molecule has 0 aliphatic rings. The molecular weight excluding hydrogens is 378 g/mol. The normalized spacial score (nSPS) is 12.5. The summed E-state index contributed by atoms with van der Waals surface area (Å²) in [5, 5.41) is 3.48. The van der Waals surface area contributed by atoms with E-state index in [4.69, 9.17) is 4.74 Å². The number of hydrogen-bond acceptors (Lipinski definition) is 3. The Kier molecular flexibility index (Phi) is 7.68. The summed E-state index contributed by atoms with van der Waals surface area (Å²) < 4.78 is 7.25. The monoisotopic (exact) mass is 395 g/mol. The highest BCUT2D eigenvalue weighted by atomic mass is 79.9. The average Bonchev–Trinajstić information content (AvgIpc) is 2.29. The summed E-state index contributed by atoms with van der Waals surface area (Å²) in [6.07, 6.45) is 2.15. The lowest BCUT2D eigenvalue weighted by atomic mass is 10.2. The van der Waals surface area contributed by atoms with Gasteiger partial charge in [-0.25, -0.2) is 0 Å². The second-order valence-corrected chi connectivity index (χ2v) is 6.90. The van der Waals surface area contributed by atoms with E-state index >= 15 is 0 Å². The van der Waals surface area contributed by atoms with Crippen LogP contribution < -0.4 is 10.1 Å². The minimum absolute atomic E-state index is 0.699. The molecule has 5 heteroatoms. The molecule has 18 heavy (non-hydrogen) atoms. The van der Waals surface area contributed by atoms with Crippen molar-refractivity contribution in [2.45, 2.75) is 13.5 Å². The minimum Gasteiger partial charge on any atom is -0.494 e. The summed E-state index contributed by atoms with van der Waals surface area (Å²) in [6, 6.07) is 4.19. The van der Waals surface area contributed by atoms with Crippen molar-refractivity contribution in [3.63, 3.8) is 0 Å². The maximum atomic E-state index is 5.29. The third-order valence-corrected chi connectivity index (χ3v) is 4.62. The second-order valence-electron chi connectivity index (χ2n) is 4.28. The maximum absolute atomic E-state index is 5.29. The van der Waals surface area contributed by atoms with Crippen LogP contribution in [0.3, 0.4) is 0 Å². The fourth-order valence-electron chi connectivity index (χ4n) is 1.72. The predicted molar refractivity (Wildman–Crippen MR) is 87.6 cm³/mol. The Morgan fingerprint density at radius 1 is 1.33 bits per heavy atom. The second kappa shape index (κ2) is 8.46. The molecule has 0 aliphatic carbocycles. The molecule has 1 N–H and O–H groups in total. The van der Waals surface area contributed by atoms with Gasteiger partial charge in [0.2, 0.25) is 0 Å². The Morgan fingerprint density at radius 2 is 1.94 bits per heavy atom. The Bertz CT molecular complexity index is 364. The van der Waals surface area contributed by atoms with Gasteiger partial charge in [-0.1, -0.05) is 6.92 Å². The Hall–Kier alpha value is 0.290.